The van der Waals surface area contributed by atoms with Crippen LogP contribution in [0.2, 0.25) is 18.1 Å². The molecule has 3 heterocycles. The van der Waals surface area contributed by atoms with E-state index in [9.17, 15) is 4.79 Å². The Hall–Kier alpha value is -1.43. The maximum atomic E-state index is 13.9. The number of carbonyl (C=O) groups is 1. The Labute approximate surface area is 232 Å². The quantitative estimate of drug-likeness (QED) is 0.273. The van der Waals surface area contributed by atoms with Gasteiger partial charge in [-0.05, 0) is 99.6 Å². The Morgan fingerprint density at radius 1 is 1.03 bits per heavy atom. The highest BCUT2D eigenvalue weighted by Gasteiger charge is 2.46. The minimum Gasteiger partial charge on any atom is -0.460 e. The number of rotatable bonds is 6. The van der Waals surface area contributed by atoms with Crippen molar-refractivity contribution in [3.05, 3.63) is 41.0 Å². The van der Waals surface area contributed by atoms with Crippen molar-refractivity contribution < 1.29 is 14.0 Å². The van der Waals surface area contributed by atoms with Gasteiger partial charge in [-0.15, -0.1) is 0 Å². The van der Waals surface area contributed by atoms with Crippen molar-refractivity contribution in [2.45, 2.75) is 127 Å². The molecule has 5 heteroatoms. The lowest BCUT2D eigenvalue weighted by molar-refractivity contribution is -0.167. The van der Waals surface area contributed by atoms with Crippen LogP contribution in [0.4, 0.5) is 0 Å². The van der Waals surface area contributed by atoms with Gasteiger partial charge in [0.15, 0.2) is 8.32 Å². The second kappa shape index (κ2) is 11.2. The van der Waals surface area contributed by atoms with E-state index >= 15 is 0 Å². The Morgan fingerprint density at radius 2 is 1.71 bits per heavy atom. The molecule has 210 valence electrons. The molecule has 0 radical (unpaired) electrons. The molecule has 1 unspecified atom stereocenters. The van der Waals surface area contributed by atoms with Crippen LogP contribution in [0.25, 0.3) is 6.08 Å². The van der Waals surface area contributed by atoms with Crippen LogP contribution in [0.1, 0.15) is 103 Å². The monoisotopic (exact) mass is 537 g/mol. The average Bonchev–Trinajstić information content (AvgIpc) is 2.90. The second-order valence-corrected chi connectivity index (χ2v) is 19.0. The summed E-state index contributed by atoms with van der Waals surface area (Å²) in [5.74, 6) is 0.598. The summed E-state index contributed by atoms with van der Waals surface area (Å²) >= 11 is 0. The SMILES string of the molecule is CC(C)(C)[Si](C)(C)OC1CCC(=Cc2cccc(C3(C(=O)OC4CN5CCC4CC5)CCCCC3)c2)CC1. The van der Waals surface area contributed by atoms with Crippen molar-refractivity contribution in [1.82, 2.24) is 4.90 Å². The van der Waals surface area contributed by atoms with Gasteiger partial charge in [0.05, 0.1) is 5.41 Å². The van der Waals surface area contributed by atoms with Gasteiger partial charge in [0, 0.05) is 12.6 Å². The number of ether oxygens (including phenoxy) is 1. The highest BCUT2D eigenvalue weighted by Crippen LogP contribution is 2.43. The molecule has 2 saturated carbocycles. The maximum Gasteiger partial charge on any atom is 0.316 e. The van der Waals surface area contributed by atoms with Crippen LogP contribution in [-0.2, 0) is 19.4 Å². The van der Waals surface area contributed by atoms with E-state index in [2.05, 4.69) is 69.1 Å². The molecule has 3 aliphatic heterocycles. The summed E-state index contributed by atoms with van der Waals surface area (Å²) in [5.41, 5.74) is 3.45. The molecule has 0 aromatic heterocycles. The van der Waals surface area contributed by atoms with E-state index in [0.29, 0.717) is 12.0 Å². The third-order valence-corrected chi connectivity index (χ3v) is 15.1. The Morgan fingerprint density at radius 3 is 2.32 bits per heavy atom. The number of hydrogen-bond donors (Lipinski definition) is 0. The lowest BCUT2D eigenvalue weighted by atomic mass is 9.69. The number of piperidine rings is 3. The summed E-state index contributed by atoms with van der Waals surface area (Å²) in [7, 11) is -1.72. The molecule has 3 saturated heterocycles. The summed E-state index contributed by atoms with van der Waals surface area (Å²) < 4.78 is 13.1. The van der Waals surface area contributed by atoms with Crippen LogP contribution in [0.3, 0.4) is 0 Å². The molecule has 0 amide bonds. The molecule has 2 bridgehead atoms. The van der Waals surface area contributed by atoms with Crippen molar-refractivity contribution >= 4 is 20.4 Å². The molecule has 0 N–H and O–H groups in total. The predicted molar refractivity (Wildman–Crippen MR) is 159 cm³/mol. The number of carbonyl (C=O) groups excluding carboxylic acids is 1. The summed E-state index contributed by atoms with van der Waals surface area (Å²) in [6.07, 6.45) is 14.9. The van der Waals surface area contributed by atoms with E-state index in [1.54, 1.807) is 0 Å². The molecule has 4 nitrogen and oxygen atoms in total. The third-order valence-electron chi connectivity index (χ3n) is 10.6. The highest BCUT2D eigenvalue weighted by atomic mass is 28.4. The lowest BCUT2D eigenvalue weighted by Crippen LogP contribution is -2.53. The lowest BCUT2D eigenvalue weighted by Gasteiger charge is -2.45. The van der Waals surface area contributed by atoms with Crippen LogP contribution < -0.4 is 0 Å². The zero-order valence-corrected chi connectivity index (χ0v) is 25.7. The maximum absolute atomic E-state index is 13.9. The fourth-order valence-electron chi connectivity index (χ4n) is 7.04. The summed E-state index contributed by atoms with van der Waals surface area (Å²) in [4.78, 5) is 16.4. The number of benzene rings is 1. The van der Waals surface area contributed by atoms with Gasteiger partial charge < -0.3 is 9.16 Å². The van der Waals surface area contributed by atoms with Crippen LogP contribution in [0, 0.1) is 5.92 Å². The van der Waals surface area contributed by atoms with Gasteiger partial charge >= 0.3 is 5.97 Å². The largest absolute Gasteiger partial charge is 0.460 e. The number of fused-ring (bicyclic) bond motifs is 3. The fraction of sp³-hybridized carbons (Fsp3) is 0.727. The Kier molecular flexibility index (Phi) is 8.29. The van der Waals surface area contributed by atoms with E-state index in [1.165, 1.54) is 49.1 Å². The molecule has 38 heavy (non-hydrogen) atoms. The Balaban J connectivity index is 1.28. The predicted octanol–water partition coefficient (Wildman–Crippen LogP) is 7.87. The summed E-state index contributed by atoms with van der Waals surface area (Å²) in [6.45, 7) is 15.0. The van der Waals surface area contributed by atoms with Gasteiger partial charge in [0.2, 0.25) is 0 Å². The molecule has 5 fully saturated rings. The van der Waals surface area contributed by atoms with Gasteiger partial charge in [0.1, 0.15) is 6.10 Å². The van der Waals surface area contributed by atoms with E-state index in [-0.39, 0.29) is 17.1 Å². The van der Waals surface area contributed by atoms with E-state index in [4.69, 9.17) is 9.16 Å². The molecular weight excluding hydrogens is 486 g/mol. The highest BCUT2D eigenvalue weighted by molar-refractivity contribution is 6.74. The molecule has 0 spiro atoms. The van der Waals surface area contributed by atoms with Crippen LogP contribution in [-0.4, -0.2) is 51.0 Å². The van der Waals surface area contributed by atoms with Crippen LogP contribution in [0.5, 0.6) is 0 Å². The average molecular weight is 538 g/mol. The molecule has 5 aliphatic rings. The molecule has 1 aromatic rings. The first kappa shape index (κ1) is 28.1. The second-order valence-electron chi connectivity index (χ2n) is 14.2. The normalized spacial score (nSPS) is 29.7. The molecule has 6 rings (SSSR count). The standard InChI is InChI=1S/C33H51NO3Si/c1-32(2,3)38(4,5)37-29-14-12-25(13-15-29)22-26-10-9-11-28(23-26)33(18-7-6-8-19-33)31(35)36-30-24-34-20-16-27(30)17-21-34/h9-11,22-23,27,29-30H,6-8,12-21,24H2,1-5H3. The van der Waals surface area contributed by atoms with Crippen molar-refractivity contribution in [3.8, 4) is 0 Å². The number of hydrogen-bond acceptors (Lipinski definition) is 4. The molecule has 1 aromatic carbocycles. The minimum absolute atomic E-state index is 0.0454. The molecule has 2 aliphatic carbocycles. The number of esters is 1. The zero-order valence-electron chi connectivity index (χ0n) is 24.7. The first-order chi connectivity index (χ1) is 18.1. The first-order valence-electron chi connectivity index (χ1n) is 15.5. The minimum atomic E-state index is -1.72. The van der Waals surface area contributed by atoms with Gasteiger partial charge in [-0.25, -0.2) is 0 Å². The summed E-state index contributed by atoms with van der Waals surface area (Å²) in [6, 6.07) is 8.86. The van der Waals surface area contributed by atoms with Crippen molar-refractivity contribution in [2.24, 2.45) is 5.92 Å². The van der Waals surface area contributed by atoms with E-state index < -0.39 is 13.7 Å². The van der Waals surface area contributed by atoms with Crippen molar-refractivity contribution in [3.63, 3.8) is 0 Å². The van der Waals surface area contributed by atoms with E-state index in [0.717, 1.165) is 57.9 Å². The van der Waals surface area contributed by atoms with Crippen molar-refractivity contribution in [1.29, 1.82) is 0 Å². The fourth-order valence-corrected chi connectivity index (χ4v) is 8.46. The number of nitrogens with zero attached hydrogens (tertiary/aromatic N) is 1. The zero-order chi connectivity index (χ0) is 27.0. The van der Waals surface area contributed by atoms with Crippen molar-refractivity contribution in [2.75, 3.05) is 19.6 Å². The van der Waals surface area contributed by atoms with Crippen LogP contribution >= 0.6 is 0 Å². The van der Waals surface area contributed by atoms with Crippen LogP contribution in [0.15, 0.2) is 29.8 Å². The van der Waals surface area contributed by atoms with Gasteiger partial charge in [-0.3, -0.25) is 9.69 Å². The van der Waals surface area contributed by atoms with E-state index in [1.807, 2.05) is 0 Å². The topological polar surface area (TPSA) is 38.8 Å². The molecule has 1 atom stereocenters. The van der Waals surface area contributed by atoms with Gasteiger partial charge in [-0.1, -0.05) is 75.9 Å². The molecular formula is C33H51NO3Si. The Bertz CT molecular complexity index is 1000. The summed E-state index contributed by atoms with van der Waals surface area (Å²) in [5, 5.41) is 0.258. The van der Waals surface area contributed by atoms with Gasteiger partial charge in [-0.2, -0.15) is 0 Å². The van der Waals surface area contributed by atoms with Gasteiger partial charge in [0.25, 0.3) is 0 Å². The first-order valence-corrected chi connectivity index (χ1v) is 18.4. The third kappa shape index (κ3) is 6.00. The number of allylic oxidation sites excluding steroid dienone is 1. The smallest absolute Gasteiger partial charge is 0.316 e.